The van der Waals surface area contributed by atoms with E-state index in [0.29, 0.717) is 145 Å². The molecule has 8 N–H and O–H groups in total. The summed E-state index contributed by atoms with van der Waals surface area (Å²) in [6.07, 6.45) is 29.3. The molecule has 0 atom stereocenters. The second kappa shape index (κ2) is 68.0. The number of nitrogens with one attached hydrogen (secondary N) is 8. The first kappa shape index (κ1) is 109. The minimum Gasteiger partial charge on any atom is -0.497 e. The fraction of sp³-hybridized carbons (Fsp3) is 0.543. The van der Waals surface area contributed by atoms with Gasteiger partial charge in [0.25, 0.3) is 0 Å². The molecule has 7 aromatic rings. The van der Waals surface area contributed by atoms with Crippen molar-refractivity contribution in [1.29, 1.82) is 0 Å². The third kappa shape index (κ3) is 63.3. The molecule has 26 nitrogen and oxygen atoms in total. The summed E-state index contributed by atoms with van der Waals surface area (Å²) >= 11 is 0. The fourth-order valence-electron chi connectivity index (χ4n) is 9.39. The van der Waals surface area contributed by atoms with E-state index in [4.69, 9.17) is 14.2 Å². The summed E-state index contributed by atoms with van der Waals surface area (Å²) in [6.45, 7) is 40.8. The largest absolute Gasteiger partial charge is 0.497 e. The van der Waals surface area contributed by atoms with Crippen LogP contribution in [0.25, 0.3) is 0 Å². The van der Waals surface area contributed by atoms with Crippen LogP contribution < -0.4 is 56.7 Å². The van der Waals surface area contributed by atoms with Crippen LogP contribution in [0.2, 0.25) is 0 Å². The van der Waals surface area contributed by atoms with Crippen molar-refractivity contribution < 1.29 is 52.6 Å². The monoisotopic (exact) mass is 1660 g/mol. The number of ether oxygens (including phenoxy) is 3. The predicted octanol–water partition coefficient (Wildman–Crippen LogP) is 20.7. The quantitative estimate of drug-likeness (QED) is 0.0166. The lowest BCUT2D eigenvalue weighted by Gasteiger charge is -2.07. The zero-order valence-electron chi connectivity index (χ0n) is 76.4. The first-order valence-corrected chi connectivity index (χ1v) is 42.7. The number of nitrogens with zero attached hydrogens (tertiary/aromatic N) is 7. The summed E-state index contributed by atoms with van der Waals surface area (Å²) in [5.41, 5.74) is 4.47. The van der Waals surface area contributed by atoms with Crippen LogP contribution in [0.15, 0.2) is 141 Å². The third-order valence-corrected chi connectivity index (χ3v) is 17.0. The normalized spacial score (nSPS) is 10.3. The molecule has 664 valence electrons. The van der Waals surface area contributed by atoms with E-state index >= 15 is 0 Å². The van der Waals surface area contributed by atoms with Gasteiger partial charge in [0.05, 0.1) is 63.2 Å². The van der Waals surface area contributed by atoms with Crippen LogP contribution in [-0.4, -0.2) is 110 Å². The molecule has 0 saturated carbocycles. The molecular weight excluding hydrogens is 1520 g/mol. The van der Waals surface area contributed by atoms with Crippen molar-refractivity contribution in [2.45, 2.75) is 260 Å². The van der Waals surface area contributed by atoms with Gasteiger partial charge in [0, 0.05) is 101 Å². The summed E-state index contributed by atoms with van der Waals surface area (Å²) in [7, 11) is 4.72. The molecule has 0 spiro atoms. The molecule has 120 heavy (non-hydrogen) atoms. The molecule has 0 radical (unpaired) electrons. The highest BCUT2D eigenvalue weighted by atomic mass is 16.5. The lowest BCUT2D eigenvalue weighted by atomic mass is 10.1. The van der Waals surface area contributed by atoms with Crippen LogP contribution in [0.1, 0.15) is 258 Å². The summed E-state index contributed by atoms with van der Waals surface area (Å²) in [6, 6.07) is 27.2. The molecule has 8 amide bonds. The van der Waals surface area contributed by atoms with Gasteiger partial charge in [-0.3, -0.25) is 48.3 Å². The standard InChI is InChI=1S/2C13H20N2O.3C12H18N2O2.2C11H16N2O.C10H21NO/c1-4-11-6-7-12(9-14-11)15-13(16)8-5-10(2)3;1-4-11-6-7-12(14-9-11)15-13(16)8-5-10(2)3;1-9(2)4-7-12(15)14-11-6-5-10(16-3)8-13-11;1-9(2)4-6-11(15)14-10-5-7-12(16-3)13-8-10;1-9(2)4-5-12(15)14-11-8-10(16-3)6-7-13-11;1-9(2)5-6-11(14)13-10-4-3-7-12-8-10;1-9(2)6-7-11(14)13-10-5-3-4-8-12-10;1-4-5-8-11-10(12)7-6-9(2)3/h6-7,9-10H,4-5,8H2,1-3H3,(H,15,16);6-7,9-10H,4-5,8H2,1-3H3,(H,14,15,16);5-6,8-9H,4,7H2,1-3H3,(H,13,14,15);5,7-9H,4,6H2,1-3H3,(H,14,15);6-9H,4-5H2,1-3H3,(H,13,14,15);3-4,7-9H,5-6H2,1-2H3,(H,13,14);3-5,8-9H,6-7H2,1-2H3,(H,12,13,14);9H,4-8H2,1-3H3,(H,11,12). The van der Waals surface area contributed by atoms with Gasteiger partial charge in [-0.25, -0.2) is 24.9 Å². The number of unbranched alkanes of at least 4 members (excludes halogenated alkanes) is 1. The van der Waals surface area contributed by atoms with Crippen molar-refractivity contribution >= 4 is 87.6 Å². The van der Waals surface area contributed by atoms with E-state index < -0.39 is 0 Å². The minimum absolute atomic E-state index is 0.00514. The summed E-state index contributed by atoms with van der Waals surface area (Å²) in [5.74, 6) is 9.21. The molecule has 7 heterocycles. The van der Waals surface area contributed by atoms with E-state index in [9.17, 15) is 38.4 Å². The number of carbonyl (C=O) groups is 8. The van der Waals surface area contributed by atoms with Crippen LogP contribution in [0.5, 0.6) is 17.4 Å². The van der Waals surface area contributed by atoms with Gasteiger partial charge in [0.2, 0.25) is 53.1 Å². The lowest BCUT2D eigenvalue weighted by molar-refractivity contribution is -0.121. The fourth-order valence-corrected chi connectivity index (χ4v) is 9.39. The Kier molecular flexibility index (Phi) is 61.9. The first-order valence-electron chi connectivity index (χ1n) is 42.7. The van der Waals surface area contributed by atoms with E-state index in [-0.39, 0.29) is 47.3 Å². The molecule has 0 fully saturated rings. The Morgan fingerprint density at radius 3 is 1.05 bits per heavy atom. The molecule has 0 aliphatic heterocycles. The average molecular weight is 1660 g/mol. The minimum atomic E-state index is -0.00514. The Hall–Kier alpha value is -10.8. The van der Waals surface area contributed by atoms with Crippen molar-refractivity contribution in [3.8, 4) is 17.4 Å². The van der Waals surface area contributed by atoms with Crippen LogP contribution in [-0.2, 0) is 51.2 Å². The van der Waals surface area contributed by atoms with Gasteiger partial charge in [-0.2, -0.15) is 0 Å². The zero-order valence-corrected chi connectivity index (χ0v) is 76.4. The van der Waals surface area contributed by atoms with Crippen molar-refractivity contribution in [3.63, 3.8) is 0 Å². The molecule has 0 aliphatic carbocycles. The Morgan fingerprint density at radius 2 is 0.717 bits per heavy atom. The molecule has 0 aliphatic rings. The van der Waals surface area contributed by atoms with Crippen molar-refractivity contribution in [2.75, 3.05) is 65.1 Å². The number of amides is 8. The Balaban J connectivity index is 0.00000135. The SMILES string of the molecule is CC(C)CCC(=O)Nc1ccccn1.CC(C)CCC(=O)Nc1cccnc1.CCCCNC(=O)CCC(C)C.CCc1ccc(NC(=O)CCC(C)C)cn1.CCc1ccc(NC(=O)CCC(C)C)nc1.COc1ccc(NC(=O)CCC(C)C)cn1.COc1ccc(NC(=O)CCC(C)C)nc1.COc1ccnc(NC(=O)CCC(C)C)c1. The van der Waals surface area contributed by atoms with Crippen molar-refractivity contribution in [3.05, 3.63) is 152 Å². The highest BCUT2D eigenvalue weighted by Crippen LogP contribution is 2.19. The topological polar surface area (TPSA) is 351 Å². The Bertz CT molecular complexity index is 3510. The highest BCUT2D eigenvalue weighted by molar-refractivity contribution is 5.93. The van der Waals surface area contributed by atoms with E-state index in [1.165, 1.54) is 5.56 Å². The first-order chi connectivity index (χ1) is 57.1. The molecule has 0 unspecified atom stereocenters. The molecule has 7 rings (SSSR count). The van der Waals surface area contributed by atoms with E-state index in [1.54, 1.807) is 119 Å². The van der Waals surface area contributed by atoms with Gasteiger partial charge in [0.1, 0.15) is 34.8 Å². The zero-order chi connectivity index (χ0) is 90.0. The number of hydrogen-bond donors (Lipinski definition) is 8. The van der Waals surface area contributed by atoms with Crippen molar-refractivity contribution in [2.24, 2.45) is 47.3 Å². The molecule has 7 aromatic heterocycles. The molecule has 0 saturated heterocycles. The van der Waals surface area contributed by atoms with Gasteiger partial charge in [0.15, 0.2) is 0 Å². The lowest BCUT2D eigenvalue weighted by Crippen LogP contribution is -2.24. The highest BCUT2D eigenvalue weighted by Gasteiger charge is 2.12. The van der Waals surface area contributed by atoms with Gasteiger partial charge in [-0.05, 0) is 190 Å². The number of anilines is 7. The Morgan fingerprint density at radius 1 is 0.317 bits per heavy atom. The van der Waals surface area contributed by atoms with Gasteiger partial charge in [-0.15, -0.1) is 0 Å². The summed E-state index contributed by atoms with van der Waals surface area (Å²) in [4.78, 5) is 120. The third-order valence-electron chi connectivity index (χ3n) is 17.0. The number of rotatable bonds is 39. The maximum Gasteiger partial charge on any atom is 0.225 e. The number of carbonyl (C=O) groups excluding carboxylic acids is 8. The summed E-state index contributed by atoms with van der Waals surface area (Å²) < 4.78 is 15.0. The smallest absolute Gasteiger partial charge is 0.225 e. The molecule has 26 heteroatoms. The van der Waals surface area contributed by atoms with E-state index in [1.807, 2.05) is 42.5 Å². The van der Waals surface area contributed by atoms with Crippen LogP contribution >= 0.6 is 0 Å². The van der Waals surface area contributed by atoms with Gasteiger partial charge < -0.3 is 56.7 Å². The number of methoxy groups -OCH3 is 3. The number of aryl methyl sites for hydroxylation is 2. The number of pyridine rings is 7. The summed E-state index contributed by atoms with van der Waals surface area (Å²) in [5, 5.41) is 22.4. The van der Waals surface area contributed by atoms with E-state index in [2.05, 4.69) is 209 Å². The van der Waals surface area contributed by atoms with Crippen molar-refractivity contribution in [1.82, 2.24) is 40.2 Å². The predicted molar refractivity (Wildman–Crippen MR) is 489 cm³/mol. The molecule has 0 aromatic carbocycles. The second-order valence-corrected chi connectivity index (χ2v) is 32.0. The molecule has 0 bridgehead atoms. The Labute approximate surface area is 718 Å². The molecular formula is C94H147N15O11. The van der Waals surface area contributed by atoms with Crippen LogP contribution in [0.3, 0.4) is 0 Å². The van der Waals surface area contributed by atoms with Gasteiger partial charge in [-0.1, -0.05) is 150 Å². The average Bonchev–Trinajstić information content (AvgIpc) is 0.885. The van der Waals surface area contributed by atoms with Crippen LogP contribution in [0.4, 0.5) is 40.3 Å². The number of hydrogen-bond acceptors (Lipinski definition) is 18. The maximum atomic E-state index is 11.5. The second-order valence-electron chi connectivity index (χ2n) is 32.0. The van der Waals surface area contributed by atoms with E-state index in [0.717, 1.165) is 101 Å². The number of aromatic nitrogens is 7. The van der Waals surface area contributed by atoms with Gasteiger partial charge >= 0.3 is 0 Å². The van der Waals surface area contributed by atoms with Crippen LogP contribution in [0, 0.1) is 47.3 Å². The maximum absolute atomic E-state index is 11.5.